The third-order valence-electron chi connectivity index (χ3n) is 3.34. The number of benzene rings is 1. The molecule has 0 spiro atoms. The zero-order valence-electron chi connectivity index (χ0n) is 12.1. The first-order chi connectivity index (χ1) is 8.43. The van der Waals surface area contributed by atoms with E-state index in [4.69, 9.17) is 11.6 Å². The number of aryl methyl sites for hydroxylation is 1. The van der Waals surface area contributed by atoms with Crippen LogP contribution in [-0.4, -0.2) is 12.6 Å². The van der Waals surface area contributed by atoms with Gasteiger partial charge in [-0.05, 0) is 48.9 Å². The molecule has 2 heteroatoms. The first-order valence-corrected chi connectivity index (χ1v) is 7.29. The Balaban J connectivity index is 2.44. The first kappa shape index (κ1) is 15.5. The summed E-state index contributed by atoms with van der Waals surface area (Å²) in [5, 5.41) is 4.43. The van der Waals surface area contributed by atoms with Gasteiger partial charge in [0, 0.05) is 11.1 Å². The standard InChI is InChI=1S/C16H26ClN/c1-5-18-15(16(2,3)4)11-7-9-13-8-6-10-14(17)12-13/h6,8,10,12,15,18H,5,7,9,11H2,1-4H3. The number of hydrogen-bond acceptors (Lipinski definition) is 1. The lowest BCUT2D eigenvalue weighted by Crippen LogP contribution is -2.40. The average Bonchev–Trinajstić information content (AvgIpc) is 2.27. The van der Waals surface area contributed by atoms with E-state index in [0.29, 0.717) is 11.5 Å². The molecule has 0 aliphatic heterocycles. The lowest BCUT2D eigenvalue weighted by molar-refractivity contribution is 0.254. The maximum atomic E-state index is 6.00. The molecular weight excluding hydrogens is 242 g/mol. The molecule has 0 radical (unpaired) electrons. The van der Waals surface area contributed by atoms with Crippen LogP contribution in [0, 0.1) is 5.41 Å². The molecule has 0 bridgehead atoms. The summed E-state index contributed by atoms with van der Waals surface area (Å²) < 4.78 is 0. The van der Waals surface area contributed by atoms with E-state index in [2.05, 4.69) is 45.1 Å². The fourth-order valence-corrected chi connectivity index (χ4v) is 2.50. The van der Waals surface area contributed by atoms with Gasteiger partial charge in [0.05, 0.1) is 0 Å². The molecule has 0 saturated heterocycles. The molecule has 1 unspecified atom stereocenters. The molecule has 1 rings (SSSR count). The van der Waals surface area contributed by atoms with E-state index in [0.717, 1.165) is 18.0 Å². The quantitative estimate of drug-likeness (QED) is 0.789. The predicted octanol–water partition coefficient (Wildman–Crippen LogP) is 4.69. The maximum absolute atomic E-state index is 6.00. The summed E-state index contributed by atoms with van der Waals surface area (Å²) in [6.07, 6.45) is 3.53. The second-order valence-electron chi connectivity index (χ2n) is 6.00. The smallest absolute Gasteiger partial charge is 0.0408 e. The van der Waals surface area contributed by atoms with E-state index in [9.17, 15) is 0 Å². The zero-order chi connectivity index (χ0) is 13.6. The van der Waals surface area contributed by atoms with Crippen molar-refractivity contribution in [3.8, 4) is 0 Å². The van der Waals surface area contributed by atoms with Gasteiger partial charge < -0.3 is 5.32 Å². The minimum atomic E-state index is 0.324. The van der Waals surface area contributed by atoms with E-state index in [1.54, 1.807) is 0 Å². The maximum Gasteiger partial charge on any atom is 0.0408 e. The summed E-state index contributed by atoms with van der Waals surface area (Å²) in [5.74, 6) is 0. The molecule has 1 aromatic rings. The molecule has 1 aromatic carbocycles. The Morgan fingerprint density at radius 1 is 1.28 bits per heavy atom. The van der Waals surface area contributed by atoms with Gasteiger partial charge in [-0.2, -0.15) is 0 Å². The highest BCUT2D eigenvalue weighted by Crippen LogP contribution is 2.23. The van der Waals surface area contributed by atoms with Crippen molar-refractivity contribution >= 4 is 11.6 Å². The highest BCUT2D eigenvalue weighted by Gasteiger charge is 2.22. The summed E-state index contributed by atoms with van der Waals surface area (Å²) in [6.45, 7) is 10.1. The molecule has 1 atom stereocenters. The van der Waals surface area contributed by atoms with Gasteiger partial charge in [-0.25, -0.2) is 0 Å². The second-order valence-corrected chi connectivity index (χ2v) is 6.43. The van der Waals surface area contributed by atoms with Crippen LogP contribution in [0.5, 0.6) is 0 Å². The van der Waals surface area contributed by atoms with Gasteiger partial charge in [0.2, 0.25) is 0 Å². The molecule has 0 heterocycles. The Hall–Kier alpha value is -0.530. The zero-order valence-corrected chi connectivity index (χ0v) is 12.8. The molecule has 0 aromatic heterocycles. The monoisotopic (exact) mass is 267 g/mol. The Labute approximate surface area is 117 Å². The van der Waals surface area contributed by atoms with Crippen LogP contribution in [0.2, 0.25) is 5.02 Å². The Morgan fingerprint density at radius 3 is 2.56 bits per heavy atom. The largest absolute Gasteiger partial charge is 0.314 e. The predicted molar refractivity (Wildman–Crippen MR) is 81.3 cm³/mol. The Kier molecular flexibility index (Phi) is 6.17. The summed E-state index contributed by atoms with van der Waals surface area (Å²) in [4.78, 5) is 0. The van der Waals surface area contributed by atoms with Crippen molar-refractivity contribution in [3.05, 3.63) is 34.9 Å². The van der Waals surface area contributed by atoms with Gasteiger partial charge >= 0.3 is 0 Å². The minimum absolute atomic E-state index is 0.324. The molecular formula is C16H26ClN. The van der Waals surface area contributed by atoms with Crippen LogP contribution in [0.1, 0.15) is 46.1 Å². The van der Waals surface area contributed by atoms with Crippen molar-refractivity contribution in [1.29, 1.82) is 0 Å². The van der Waals surface area contributed by atoms with Crippen LogP contribution in [-0.2, 0) is 6.42 Å². The summed E-state index contributed by atoms with van der Waals surface area (Å²) in [6, 6.07) is 8.78. The SMILES string of the molecule is CCNC(CCCc1cccc(Cl)c1)C(C)(C)C. The number of halogens is 1. The van der Waals surface area contributed by atoms with Crippen LogP contribution in [0.4, 0.5) is 0 Å². The number of hydrogen-bond donors (Lipinski definition) is 1. The Morgan fingerprint density at radius 2 is 2.00 bits per heavy atom. The highest BCUT2D eigenvalue weighted by atomic mass is 35.5. The molecule has 102 valence electrons. The Bertz CT molecular complexity index is 354. The molecule has 1 nitrogen and oxygen atoms in total. The average molecular weight is 268 g/mol. The van der Waals surface area contributed by atoms with Gasteiger partial charge in [-0.3, -0.25) is 0 Å². The van der Waals surface area contributed by atoms with E-state index in [1.807, 2.05) is 12.1 Å². The van der Waals surface area contributed by atoms with Gasteiger partial charge in [-0.1, -0.05) is 51.4 Å². The van der Waals surface area contributed by atoms with E-state index in [-0.39, 0.29) is 0 Å². The van der Waals surface area contributed by atoms with Crippen molar-refractivity contribution < 1.29 is 0 Å². The summed E-state index contributed by atoms with van der Waals surface area (Å²) >= 11 is 6.00. The summed E-state index contributed by atoms with van der Waals surface area (Å²) in [5.41, 5.74) is 1.66. The van der Waals surface area contributed by atoms with Crippen LogP contribution < -0.4 is 5.32 Å². The highest BCUT2D eigenvalue weighted by molar-refractivity contribution is 6.30. The van der Waals surface area contributed by atoms with Crippen LogP contribution in [0.3, 0.4) is 0 Å². The van der Waals surface area contributed by atoms with Crippen LogP contribution in [0.25, 0.3) is 0 Å². The summed E-state index contributed by atoms with van der Waals surface area (Å²) in [7, 11) is 0. The normalized spacial score (nSPS) is 13.6. The van der Waals surface area contributed by atoms with E-state index >= 15 is 0 Å². The topological polar surface area (TPSA) is 12.0 Å². The van der Waals surface area contributed by atoms with Crippen molar-refractivity contribution in [2.45, 2.75) is 53.0 Å². The molecule has 1 N–H and O–H groups in total. The number of rotatable bonds is 6. The van der Waals surface area contributed by atoms with Gasteiger partial charge in [0.1, 0.15) is 0 Å². The van der Waals surface area contributed by atoms with Crippen molar-refractivity contribution in [2.75, 3.05) is 6.54 Å². The van der Waals surface area contributed by atoms with Gasteiger partial charge in [0.15, 0.2) is 0 Å². The molecule has 18 heavy (non-hydrogen) atoms. The van der Waals surface area contributed by atoms with Gasteiger partial charge in [0.25, 0.3) is 0 Å². The fraction of sp³-hybridized carbons (Fsp3) is 0.625. The lowest BCUT2D eigenvalue weighted by Gasteiger charge is -2.31. The third kappa shape index (κ3) is 5.41. The fourth-order valence-electron chi connectivity index (χ4n) is 2.29. The molecule has 0 fully saturated rings. The first-order valence-electron chi connectivity index (χ1n) is 6.91. The van der Waals surface area contributed by atoms with Crippen molar-refractivity contribution in [3.63, 3.8) is 0 Å². The number of nitrogens with one attached hydrogen (secondary N) is 1. The molecule has 0 aliphatic rings. The van der Waals surface area contributed by atoms with Gasteiger partial charge in [-0.15, -0.1) is 0 Å². The van der Waals surface area contributed by atoms with Crippen molar-refractivity contribution in [1.82, 2.24) is 5.32 Å². The third-order valence-corrected chi connectivity index (χ3v) is 3.58. The van der Waals surface area contributed by atoms with Crippen LogP contribution >= 0.6 is 11.6 Å². The minimum Gasteiger partial charge on any atom is -0.314 e. The lowest BCUT2D eigenvalue weighted by atomic mass is 9.83. The molecule has 0 saturated carbocycles. The van der Waals surface area contributed by atoms with E-state index < -0.39 is 0 Å². The second kappa shape index (κ2) is 7.16. The van der Waals surface area contributed by atoms with Crippen LogP contribution in [0.15, 0.2) is 24.3 Å². The van der Waals surface area contributed by atoms with Crippen molar-refractivity contribution in [2.24, 2.45) is 5.41 Å². The van der Waals surface area contributed by atoms with E-state index in [1.165, 1.54) is 18.4 Å². The molecule has 0 aliphatic carbocycles. The molecule has 0 amide bonds.